The molecule has 0 saturated heterocycles. The van der Waals surface area contributed by atoms with Crippen molar-refractivity contribution in [2.45, 2.75) is 6.92 Å². The topological polar surface area (TPSA) is 52.6 Å². The third kappa shape index (κ3) is 3.86. The predicted molar refractivity (Wildman–Crippen MR) is 89.2 cm³/mol. The quantitative estimate of drug-likeness (QED) is 0.637. The van der Waals surface area contributed by atoms with Crippen molar-refractivity contribution in [2.24, 2.45) is 0 Å². The van der Waals surface area contributed by atoms with E-state index in [0.717, 1.165) is 11.1 Å². The van der Waals surface area contributed by atoms with Gasteiger partial charge in [-0.25, -0.2) is 9.59 Å². The minimum absolute atomic E-state index is 0.325. The Morgan fingerprint density at radius 3 is 2.09 bits per heavy atom. The molecule has 0 aliphatic rings. The molecule has 0 unspecified atom stereocenters. The lowest BCUT2D eigenvalue weighted by Gasteiger charge is -2.10. The van der Waals surface area contributed by atoms with Crippen LogP contribution < -0.4 is 0 Å². The van der Waals surface area contributed by atoms with Crippen LogP contribution in [0.5, 0.6) is 0 Å². The van der Waals surface area contributed by atoms with Crippen LogP contribution in [0.25, 0.3) is 12.2 Å². The molecule has 0 aliphatic heterocycles. The lowest BCUT2D eigenvalue weighted by molar-refractivity contribution is 0.0598. The lowest BCUT2D eigenvalue weighted by Crippen LogP contribution is -2.10. The summed E-state index contributed by atoms with van der Waals surface area (Å²) < 4.78 is 9.56. The van der Waals surface area contributed by atoms with Crippen LogP contribution in [0.1, 0.15) is 37.4 Å². The molecule has 118 valence electrons. The predicted octanol–water partition coefficient (Wildman–Crippen LogP) is 3.74. The highest BCUT2D eigenvalue weighted by Crippen LogP contribution is 2.21. The van der Waals surface area contributed by atoms with Crippen LogP contribution in [0.4, 0.5) is 0 Å². The van der Waals surface area contributed by atoms with Gasteiger partial charge in [0.05, 0.1) is 25.3 Å². The molecular weight excluding hydrogens is 292 g/mol. The Labute approximate surface area is 135 Å². The normalized spacial score (nSPS) is 10.6. The van der Waals surface area contributed by atoms with Gasteiger partial charge in [-0.2, -0.15) is 0 Å². The van der Waals surface area contributed by atoms with Gasteiger partial charge < -0.3 is 9.47 Å². The molecular formula is C19H18O4. The third-order valence-electron chi connectivity index (χ3n) is 3.46. The molecule has 2 aromatic carbocycles. The van der Waals surface area contributed by atoms with Gasteiger partial charge in [0, 0.05) is 0 Å². The number of rotatable bonds is 4. The van der Waals surface area contributed by atoms with E-state index in [1.54, 1.807) is 13.0 Å². The number of carbonyl (C=O) groups excluding carboxylic acids is 2. The number of benzene rings is 2. The Balaban J connectivity index is 2.49. The van der Waals surface area contributed by atoms with Crippen LogP contribution in [0.3, 0.4) is 0 Å². The Kier molecular flexibility index (Phi) is 5.31. The van der Waals surface area contributed by atoms with Crippen LogP contribution in [-0.2, 0) is 9.47 Å². The van der Waals surface area contributed by atoms with E-state index >= 15 is 0 Å². The van der Waals surface area contributed by atoms with Gasteiger partial charge in [-0.05, 0) is 29.7 Å². The molecule has 0 fully saturated rings. The molecule has 2 aromatic rings. The first kappa shape index (κ1) is 16.5. The summed E-state index contributed by atoms with van der Waals surface area (Å²) in [6.45, 7) is 1.80. The van der Waals surface area contributed by atoms with Crippen molar-refractivity contribution in [1.82, 2.24) is 0 Å². The SMILES string of the molecule is COC(=O)c1cc(C(=O)OC)c(/C=C/c2ccccc2)cc1C. The number of methoxy groups -OCH3 is 2. The first-order valence-electron chi connectivity index (χ1n) is 7.11. The fourth-order valence-electron chi connectivity index (χ4n) is 2.23. The smallest absolute Gasteiger partial charge is 0.338 e. The van der Waals surface area contributed by atoms with Crippen LogP contribution in [-0.4, -0.2) is 26.2 Å². The summed E-state index contributed by atoms with van der Waals surface area (Å²) >= 11 is 0. The van der Waals surface area contributed by atoms with Gasteiger partial charge in [0.1, 0.15) is 0 Å². The van der Waals surface area contributed by atoms with Gasteiger partial charge in [-0.15, -0.1) is 0 Å². The van der Waals surface area contributed by atoms with E-state index < -0.39 is 11.9 Å². The van der Waals surface area contributed by atoms with Gasteiger partial charge in [0.25, 0.3) is 0 Å². The Morgan fingerprint density at radius 1 is 0.870 bits per heavy atom. The standard InChI is InChI=1S/C19H18O4/c1-13-11-15(10-9-14-7-5-4-6-8-14)17(19(21)23-3)12-16(13)18(20)22-2/h4-12H,1-3H3/b10-9+. The van der Waals surface area contributed by atoms with Crippen molar-refractivity contribution < 1.29 is 19.1 Å². The van der Waals surface area contributed by atoms with Crippen molar-refractivity contribution >= 4 is 24.1 Å². The Morgan fingerprint density at radius 2 is 1.48 bits per heavy atom. The Hall–Kier alpha value is -2.88. The third-order valence-corrected chi connectivity index (χ3v) is 3.46. The maximum absolute atomic E-state index is 12.0. The largest absolute Gasteiger partial charge is 0.465 e. The highest BCUT2D eigenvalue weighted by molar-refractivity contribution is 5.99. The molecule has 0 heterocycles. The van der Waals surface area contributed by atoms with E-state index in [1.165, 1.54) is 20.3 Å². The summed E-state index contributed by atoms with van der Waals surface area (Å²) in [4.78, 5) is 23.8. The maximum atomic E-state index is 12.0. The monoisotopic (exact) mass is 310 g/mol. The van der Waals surface area contributed by atoms with E-state index in [-0.39, 0.29) is 0 Å². The number of aryl methyl sites for hydroxylation is 1. The van der Waals surface area contributed by atoms with Gasteiger partial charge in [0.2, 0.25) is 0 Å². The number of hydrogen-bond acceptors (Lipinski definition) is 4. The number of carbonyl (C=O) groups is 2. The molecule has 4 nitrogen and oxygen atoms in total. The molecule has 23 heavy (non-hydrogen) atoms. The Bertz CT molecular complexity index is 745. The second kappa shape index (κ2) is 7.40. The zero-order chi connectivity index (χ0) is 16.8. The number of hydrogen-bond donors (Lipinski definition) is 0. The van der Waals surface area contributed by atoms with Crippen LogP contribution in [0.2, 0.25) is 0 Å². The lowest BCUT2D eigenvalue weighted by atomic mass is 9.98. The molecule has 4 heteroatoms. The van der Waals surface area contributed by atoms with Crippen LogP contribution in [0.15, 0.2) is 42.5 Å². The van der Waals surface area contributed by atoms with Gasteiger partial charge in [-0.1, -0.05) is 48.6 Å². The minimum Gasteiger partial charge on any atom is -0.465 e. The molecule has 0 radical (unpaired) electrons. The number of esters is 2. The second-order valence-corrected chi connectivity index (χ2v) is 4.98. The second-order valence-electron chi connectivity index (χ2n) is 4.98. The van der Waals surface area contributed by atoms with Crippen LogP contribution in [0, 0.1) is 6.92 Å². The molecule has 2 rings (SSSR count). The van der Waals surface area contributed by atoms with Crippen molar-refractivity contribution in [2.75, 3.05) is 14.2 Å². The summed E-state index contributed by atoms with van der Waals surface area (Å²) in [5.41, 5.74) is 3.11. The molecule has 0 bridgehead atoms. The summed E-state index contributed by atoms with van der Waals surface area (Å²) in [5.74, 6) is -0.978. The molecule has 0 amide bonds. The molecule has 0 atom stereocenters. The van der Waals surface area contributed by atoms with E-state index in [0.29, 0.717) is 16.7 Å². The highest BCUT2D eigenvalue weighted by Gasteiger charge is 2.17. The van der Waals surface area contributed by atoms with E-state index in [1.807, 2.05) is 42.5 Å². The molecule has 0 aliphatic carbocycles. The maximum Gasteiger partial charge on any atom is 0.338 e. The van der Waals surface area contributed by atoms with Crippen molar-refractivity contribution in [1.29, 1.82) is 0 Å². The molecule has 0 spiro atoms. The van der Waals surface area contributed by atoms with Crippen molar-refractivity contribution in [3.8, 4) is 0 Å². The van der Waals surface area contributed by atoms with Crippen molar-refractivity contribution in [3.05, 3.63) is 70.3 Å². The van der Waals surface area contributed by atoms with E-state index in [4.69, 9.17) is 9.47 Å². The zero-order valence-electron chi connectivity index (χ0n) is 13.3. The number of ether oxygens (including phenoxy) is 2. The van der Waals surface area contributed by atoms with Gasteiger partial charge >= 0.3 is 11.9 Å². The summed E-state index contributed by atoms with van der Waals surface area (Å²) in [6.07, 6.45) is 3.73. The molecule has 0 N–H and O–H groups in total. The van der Waals surface area contributed by atoms with E-state index in [2.05, 4.69) is 0 Å². The first-order chi connectivity index (χ1) is 11.1. The molecule has 0 saturated carbocycles. The van der Waals surface area contributed by atoms with E-state index in [9.17, 15) is 9.59 Å². The first-order valence-corrected chi connectivity index (χ1v) is 7.11. The average molecular weight is 310 g/mol. The van der Waals surface area contributed by atoms with Gasteiger partial charge in [-0.3, -0.25) is 0 Å². The van der Waals surface area contributed by atoms with Crippen molar-refractivity contribution in [3.63, 3.8) is 0 Å². The fourth-order valence-corrected chi connectivity index (χ4v) is 2.23. The molecule has 0 aromatic heterocycles. The zero-order valence-corrected chi connectivity index (χ0v) is 13.3. The van der Waals surface area contributed by atoms with Gasteiger partial charge in [0.15, 0.2) is 0 Å². The minimum atomic E-state index is -0.497. The highest BCUT2D eigenvalue weighted by atomic mass is 16.5. The fraction of sp³-hybridized carbons (Fsp3) is 0.158. The average Bonchev–Trinajstić information content (AvgIpc) is 2.59. The van der Waals surface area contributed by atoms with Crippen LogP contribution >= 0.6 is 0 Å². The summed E-state index contributed by atoms with van der Waals surface area (Å²) in [6, 6.07) is 13.0. The summed E-state index contributed by atoms with van der Waals surface area (Å²) in [5, 5.41) is 0. The summed E-state index contributed by atoms with van der Waals surface area (Å²) in [7, 11) is 2.62.